The molecule has 4 heteroatoms. The maximum Gasteiger partial charge on any atom is 0.0598 e. The molecule has 3 nitrogen and oxygen atoms in total. The second-order valence-electron chi connectivity index (χ2n) is 8.89. The Morgan fingerprint density at radius 1 is 0.906 bits per heavy atom. The van der Waals surface area contributed by atoms with Crippen molar-refractivity contribution in [3.05, 3.63) is 66.2 Å². The molecule has 0 amide bonds. The zero-order chi connectivity index (χ0) is 22.2. The van der Waals surface area contributed by atoms with Crippen LogP contribution in [-0.4, -0.2) is 28.4 Å². The van der Waals surface area contributed by atoms with E-state index in [1.807, 2.05) is 24.3 Å². The van der Waals surface area contributed by atoms with Crippen LogP contribution < -0.4 is 0 Å². The molecule has 2 aliphatic rings. The Labute approximate surface area is 206 Å². The summed E-state index contributed by atoms with van der Waals surface area (Å²) in [4.78, 5) is 4.76. The molecule has 0 spiro atoms. The maximum absolute atomic E-state index is 9.52. The van der Waals surface area contributed by atoms with Crippen LogP contribution >= 0.6 is 0 Å². The fourth-order valence-electron chi connectivity index (χ4n) is 5.09. The van der Waals surface area contributed by atoms with E-state index in [0.717, 1.165) is 36.2 Å². The first-order valence-electron chi connectivity index (χ1n) is 11.6. The normalized spacial score (nSPS) is 21.5. The topological polar surface area (TPSA) is 53.4 Å². The molecular weight excluding hydrogens is 575 g/mol. The molecule has 5 rings (SSSR count). The Hall–Kier alpha value is -1.58. The third-order valence-corrected chi connectivity index (χ3v) is 6.67. The van der Waals surface area contributed by atoms with Crippen molar-refractivity contribution in [2.75, 3.05) is 7.11 Å². The Bertz CT molecular complexity index is 943. The van der Waals surface area contributed by atoms with Crippen LogP contribution in [0.2, 0.25) is 0 Å². The average Bonchev–Trinajstić information content (AvgIpc) is 3.21. The summed E-state index contributed by atoms with van der Waals surface area (Å²) in [5, 5.41) is 17.8. The van der Waals surface area contributed by atoms with E-state index < -0.39 is 0 Å². The second kappa shape index (κ2) is 13.2. The van der Waals surface area contributed by atoms with Gasteiger partial charge < -0.3 is 10.2 Å². The molecule has 1 radical (unpaired) electrons. The van der Waals surface area contributed by atoms with Gasteiger partial charge in [0.1, 0.15) is 0 Å². The molecule has 175 valence electrons. The first-order chi connectivity index (χ1) is 15.1. The third kappa shape index (κ3) is 6.48. The molecule has 1 aromatic heterocycles. The maximum atomic E-state index is 9.52. The first-order valence-corrected chi connectivity index (χ1v) is 11.6. The predicted octanol–water partition coefficient (Wildman–Crippen LogP) is 6.38. The molecule has 3 aromatic rings. The van der Waals surface area contributed by atoms with Crippen LogP contribution in [0.25, 0.3) is 22.2 Å². The molecule has 0 saturated heterocycles. The van der Waals surface area contributed by atoms with Crippen LogP contribution in [0.1, 0.15) is 63.9 Å². The molecule has 2 aliphatic carbocycles. The van der Waals surface area contributed by atoms with Crippen molar-refractivity contribution >= 4 is 10.9 Å². The Morgan fingerprint density at radius 2 is 1.69 bits per heavy atom. The van der Waals surface area contributed by atoms with Crippen molar-refractivity contribution in [3.8, 4) is 11.3 Å². The van der Waals surface area contributed by atoms with E-state index in [4.69, 9.17) is 10.1 Å². The number of aliphatic hydroxyl groups excluding tert-OH is 2. The first kappa shape index (κ1) is 26.7. The van der Waals surface area contributed by atoms with Gasteiger partial charge in [0.2, 0.25) is 0 Å². The van der Waals surface area contributed by atoms with Gasteiger partial charge in [-0.05, 0) is 54.3 Å². The summed E-state index contributed by atoms with van der Waals surface area (Å²) in [6.07, 6.45) is 7.89. The molecule has 3 unspecified atom stereocenters. The molecule has 0 bridgehead atoms. The summed E-state index contributed by atoms with van der Waals surface area (Å²) in [7, 11) is 1.00. The van der Waals surface area contributed by atoms with Gasteiger partial charge in [-0.2, -0.15) is 0 Å². The molecule has 2 aromatic carbocycles. The largest absolute Gasteiger partial charge is 0.400 e. The van der Waals surface area contributed by atoms with Gasteiger partial charge in [0.15, 0.2) is 0 Å². The summed E-state index contributed by atoms with van der Waals surface area (Å²) in [5.41, 5.74) is 4.43. The number of hydrogen-bond acceptors (Lipinski definition) is 3. The Morgan fingerprint density at radius 3 is 2.38 bits per heavy atom. The van der Waals surface area contributed by atoms with Crippen molar-refractivity contribution in [2.45, 2.75) is 64.4 Å². The molecule has 1 heterocycles. The van der Waals surface area contributed by atoms with Gasteiger partial charge in [-0.3, -0.25) is 4.98 Å². The van der Waals surface area contributed by atoms with Crippen LogP contribution in [0.15, 0.2) is 54.6 Å². The summed E-state index contributed by atoms with van der Waals surface area (Å²) in [6.45, 7) is 4.43. The van der Waals surface area contributed by atoms with Gasteiger partial charge in [-0.25, -0.2) is 0 Å². The minimum Gasteiger partial charge on any atom is -0.400 e. The average molecular weight is 611 g/mol. The van der Waals surface area contributed by atoms with Crippen molar-refractivity contribution in [3.63, 3.8) is 0 Å². The monoisotopic (exact) mass is 611 g/mol. The van der Waals surface area contributed by atoms with E-state index in [2.05, 4.69) is 50.2 Å². The van der Waals surface area contributed by atoms with Crippen LogP contribution in [0.4, 0.5) is 0 Å². The van der Waals surface area contributed by atoms with Crippen molar-refractivity contribution < 1.29 is 30.3 Å². The quantitative estimate of drug-likeness (QED) is 0.331. The smallest absolute Gasteiger partial charge is 0.0598 e. The van der Waals surface area contributed by atoms with Gasteiger partial charge in [-0.1, -0.05) is 57.4 Å². The number of rotatable bonds is 2. The second-order valence-corrected chi connectivity index (χ2v) is 8.89. The Kier molecular flexibility index (Phi) is 11.0. The number of aromatic nitrogens is 1. The van der Waals surface area contributed by atoms with E-state index in [9.17, 15) is 5.11 Å². The number of fused-ring (bicyclic) bond motifs is 2. The van der Waals surface area contributed by atoms with E-state index in [1.54, 1.807) is 0 Å². The fourth-order valence-corrected chi connectivity index (χ4v) is 5.09. The van der Waals surface area contributed by atoms with Crippen LogP contribution in [-0.2, 0) is 20.1 Å². The summed E-state index contributed by atoms with van der Waals surface area (Å²) in [6, 6.07) is 21.8. The van der Waals surface area contributed by atoms with Crippen LogP contribution in [0, 0.1) is 17.9 Å². The molecular formula is C28H36IrNO2-. The standard InChI is InChI=1S/C18H16N.C9H16O.CH4O.Ir/c1-13(2)15-9-6-10-18-16(15)11-12-17(19-18)14-7-4-3-5-8-14;10-9-6-5-7-3-1-2-4-8(7)9;1-2;/h3-7,9-13H,1-2H3;7-10H,1-6H2;2H,1H3;/q-1;;;. The van der Waals surface area contributed by atoms with E-state index in [1.165, 1.54) is 43.1 Å². The number of benzene rings is 2. The van der Waals surface area contributed by atoms with E-state index in [-0.39, 0.29) is 26.2 Å². The SMILES string of the molecule is CC(C)c1cccc2nc(-c3[c-]cccc3)ccc12.CO.OC1CCC2CCCCC12.[Ir]. The zero-order valence-corrected chi connectivity index (χ0v) is 21.8. The van der Waals surface area contributed by atoms with E-state index in [0.29, 0.717) is 11.8 Å². The van der Waals surface area contributed by atoms with Gasteiger partial charge >= 0.3 is 0 Å². The molecule has 0 aliphatic heterocycles. The van der Waals surface area contributed by atoms with Crippen molar-refractivity contribution in [2.24, 2.45) is 11.8 Å². The van der Waals surface area contributed by atoms with E-state index >= 15 is 0 Å². The fraction of sp³-hybridized carbons (Fsp3) is 0.464. The van der Waals surface area contributed by atoms with Crippen molar-refractivity contribution in [1.82, 2.24) is 4.98 Å². The number of aliphatic hydroxyl groups is 2. The van der Waals surface area contributed by atoms with Crippen LogP contribution in [0.3, 0.4) is 0 Å². The molecule has 2 fully saturated rings. The van der Waals surface area contributed by atoms with Gasteiger partial charge in [0.25, 0.3) is 0 Å². The van der Waals surface area contributed by atoms with Crippen molar-refractivity contribution in [1.29, 1.82) is 0 Å². The van der Waals surface area contributed by atoms with Crippen LogP contribution in [0.5, 0.6) is 0 Å². The number of nitrogens with zero attached hydrogens (tertiary/aromatic N) is 1. The molecule has 3 atom stereocenters. The Balaban J connectivity index is 0.000000236. The van der Waals surface area contributed by atoms with Gasteiger partial charge in [-0.15, -0.1) is 35.9 Å². The zero-order valence-electron chi connectivity index (χ0n) is 19.4. The summed E-state index contributed by atoms with van der Waals surface area (Å²) >= 11 is 0. The van der Waals surface area contributed by atoms with Gasteiger partial charge in [0, 0.05) is 32.6 Å². The number of hydrogen-bond donors (Lipinski definition) is 2. The molecule has 32 heavy (non-hydrogen) atoms. The van der Waals surface area contributed by atoms with Gasteiger partial charge in [0.05, 0.1) is 11.6 Å². The third-order valence-electron chi connectivity index (χ3n) is 6.67. The predicted molar refractivity (Wildman–Crippen MR) is 129 cm³/mol. The summed E-state index contributed by atoms with van der Waals surface area (Å²) < 4.78 is 0. The molecule has 2 N–H and O–H groups in total. The minimum atomic E-state index is 0. The summed E-state index contributed by atoms with van der Waals surface area (Å²) in [5.74, 6) is 2.09. The minimum absolute atomic E-state index is 0. The number of pyridine rings is 1. The molecule has 2 saturated carbocycles.